The van der Waals surface area contributed by atoms with Gasteiger partial charge in [0.2, 0.25) is 16.9 Å². The molecule has 2 heterocycles. The quantitative estimate of drug-likeness (QED) is 0.812. The van der Waals surface area contributed by atoms with Crippen molar-refractivity contribution in [2.45, 2.75) is 32.4 Å². The lowest BCUT2D eigenvalue weighted by atomic mass is 9.88. The summed E-state index contributed by atoms with van der Waals surface area (Å²) in [6.07, 6.45) is 0.244. The zero-order valence-corrected chi connectivity index (χ0v) is 12.0. The summed E-state index contributed by atoms with van der Waals surface area (Å²) in [5.74, 6) is -0.503. The Kier molecular flexibility index (Phi) is 3.44. The molecule has 1 saturated heterocycles. The van der Waals surface area contributed by atoms with E-state index in [4.69, 9.17) is 5.73 Å². The van der Waals surface area contributed by atoms with Crippen LogP contribution >= 0.6 is 11.3 Å². The van der Waals surface area contributed by atoms with Crippen LogP contribution in [0.15, 0.2) is 0 Å². The predicted molar refractivity (Wildman–Crippen MR) is 71.1 cm³/mol. The number of rotatable bonds is 3. The Labute approximate surface area is 115 Å². The van der Waals surface area contributed by atoms with Crippen LogP contribution in [0.1, 0.15) is 25.3 Å². The molecule has 1 aliphatic rings. The van der Waals surface area contributed by atoms with Crippen molar-refractivity contribution in [2.75, 3.05) is 12.8 Å². The molecule has 2 amide bonds. The maximum atomic E-state index is 12.2. The fourth-order valence-corrected chi connectivity index (χ4v) is 2.70. The third-order valence-corrected chi connectivity index (χ3v) is 4.44. The lowest BCUT2D eigenvalue weighted by molar-refractivity contribution is -0.128. The topological polar surface area (TPSA) is 101 Å². The number of carbonyl (C=O) groups excluding carboxylic acids is 2. The van der Waals surface area contributed by atoms with Gasteiger partial charge in [0.25, 0.3) is 0 Å². The minimum absolute atomic E-state index is 0.00897. The predicted octanol–water partition coefficient (Wildman–Crippen LogP) is -0.00660. The molecule has 0 saturated carbocycles. The molecule has 8 heteroatoms. The lowest BCUT2D eigenvalue weighted by Crippen LogP contribution is -2.46. The summed E-state index contributed by atoms with van der Waals surface area (Å²) < 4.78 is 0. The van der Waals surface area contributed by atoms with Crippen LogP contribution in [-0.4, -0.2) is 39.5 Å². The second kappa shape index (κ2) is 4.76. The van der Waals surface area contributed by atoms with Crippen LogP contribution in [-0.2, 0) is 16.1 Å². The molecule has 1 fully saturated rings. The second-order valence-electron chi connectivity index (χ2n) is 5.11. The van der Waals surface area contributed by atoms with E-state index in [1.807, 2.05) is 13.8 Å². The summed E-state index contributed by atoms with van der Waals surface area (Å²) in [6.45, 7) is 4.08. The van der Waals surface area contributed by atoms with Gasteiger partial charge >= 0.3 is 0 Å². The van der Waals surface area contributed by atoms with E-state index in [2.05, 4.69) is 15.5 Å². The molecule has 19 heavy (non-hydrogen) atoms. The van der Waals surface area contributed by atoms with Gasteiger partial charge < -0.3 is 16.0 Å². The SMILES string of the molecule is CN1C(=O)C[C@@H](C(=O)NCc2nnc(N)s2)C1(C)C. The van der Waals surface area contributed by atoms with Gasteiger partial charge in [-0.05, 0) is 13.8 Å². The first kappa shape index (κ1) is 13.7. The van der Waals surface area contributed by atoms with Gasteiger partial charge in [0.05, 0.1) is 12.5 Å². The maximum absolute atomic E-state index is 12.2. The molecular formula is C11H17N5O2S. The Balaban J connectivity index is 1.99. The molecular weight excluding hydrogens is 266 g/mol. The monoisotopic (exact) mass is 283 g/mol. The van der Waals surface area contributed by atoms with Crippen LogP contribution in [0.2, 0.25) is 0 Å². The standard InChI is InChI=1S/C11H17N5O2S/c1-11(2)6(4-8(17)16(11)3)9(18)13-5-7-14-15-10(12)19-7/h6H,4-5H2,1-3H3,(H2,12,15)(H,13,18)/t6-/m0/s1. The van der Waals surface area contributed by atoms with Gasteiger partial charge in [-0.25, -0.2) is 0 Å². The first-order valence-corrected chi connectivity index (χ1v) is 6.76. The maximum Gasteiger partial charge on any atom is 0.226 e. The number of carbonyl (C=O) groups is 2. The van der Waals surface area contributed by atoms with Gasteiger partial charge in [-0.2, -0.15) is 0 Å². The van der Waals surface area contributed by atoms with E-state index in [9.17, 15) is 9.59 Å². The summed E-state index contributed by atoms with van der Waals surface area (Å²) >= 11 is 1.24. The Hall–Kier alpha value is -1.70. The molecule has 1 aliphatic heterocycles. The molecule has 2 rings (SSSR count). The molecule has 3 N–H and O–H groups in total. The van der Waals surface area contributed by atoms with E-state index in [1.54, 1.807) is 11.9 Å². The number of amides is 2. The Morgan fingerprint density at radius 1 is 1.58 bits per heavy atom. The van der Waals surface area contributed by atoms with Crippen LogP contribution in [0, 0.1) is 5.92 Å². The lowest BCUT2D eigenvalue weighted by Gasteiger charge is -2.32. The van der Waals surface area contributed by atoms with Crippen LogP contribution in [0.4, 0.5) is 5.13 Å². The van der Waals surface area contributed by atoms with Crippen molar-refractivity contribution in [2.24, 2.45) is 5.92 Å². The average Bonchev–Trinajstić information content (AvgIpc) is 2.84. The highest BCUT2D eigenvalue weighted by atomic mass is 32.1. The van der Waals surface area contributed by atoms with E-state index in [0.29, 0.717) is 10.1 Å². The Morgan fingerprint density at radius 2 is 2.26 bits per heavy atom. The Morgan fingerprint density at radius 3 is 2.74 bits per heavy atom. The number of anilines is 1. The molecule has 1 atom stereocenters. The van der Waals surface area contributed by atoms with Crippen molar-refractivity contribution in [1.29, 1.82) is 0 Å². The number of nitrogens with one attached hydrogen (secondary N) is 1. The second-order valence-corrected chi connectivity index (χ2v) is 6.21. The fourth-order valence-electron chi connectivity index (χ4n) is 2.15. The van der Waals surface area contributed by atoms with Gasteiger partial charge in [-0.1, -0.05) is 11.3 Å². The van der Waals surface area contributed by atoms with Crippen LogP contribution in [0.5, 0.6) is 0 Å². The molecule has 0 aromatic carbocycles. The molecule has 0 spiro atoms. The number of likely N-dealkylation sites (tertiary alicyclic amines) is 1. The van der Waals surface area contributed by atoms with E-state index >= 15 is 0 Å². The number of nitrogen functional groups attached to an aromatic ring is 1. The van der Waals surface area contributed by atoms with Gasteiger partial charge in [-0.15, -0.1) is 10.2 Å². The van der Waals surface area contributed by atoms with Crippen LogP contribution in [0.25, 0.3) is 0 Å². The summed E-state index contributed by atoms with van der Waals surface area (Å²) in [4.78, 5) is 25.5. The average molecular weight is 283 g/mol. The van der Waals surface area contributed by atoms with Crippen LogP contribution < -0.4 is 11.1 Å². The molecule has 104 valence electrons. The number of hydrogen-bond acceptors (Lipinski definition) is 6. The largest absolute Gasteiger partial charge is 0.374 e. The third kappa shape index (κ3) is 2.53. The highest BCUT2D eigenvalue weighted by molar-refractivity contribution is 7.15. The first-order chi connectivity index (χ1) is 8.82. The molecule has 1 aromatic heterocycles. The number of aromatic nitrogens is 2. The Bertz CT molecular complexity index is 513. The van der Waals surface area contributed by atoms with Crippen molar-refractivity contribution >= 4 is 28.3 Å². The highest BCUT2D eigenvalue weighted by Gasteiger charge is 2.47. The normalized spacial score (nSPS) is 21.7. The fraction of sp³-hybridized carbons (Fsp3) is 0.636. The summed E-state index contributed by atoms with van der Waals surface area (Å²) in [5.41, 5.74) is 5.00. The molecule has 0 unspecified atom stereocenters. The number of nitrogens with two attached hydrogens (primary N) is 1. The highest BCUT2D eigenvalue weighted by Crippen LogP contribution is 2.34. The zero-order valence-electron chi connectivity index (χ0n) is 11.1. The summed E-state index contributed by atoms with van der Waals surface area (Å²) in [7, 11) is 1.72. The van der Waals surface area contributed by atoms with Crippen molar-refractivity contribution in [3.05, 3.63) is 5.01 Å². The van der Waals surface area contributed by atoms with E-state index in [0.717, 1.165) is 0 Å². The molecule has 7 nitrogen and oxygen atoms in total. The van der Waals surface area contributed by atoms with E-state index in [1.165, 1.54) is 11.3 Å². The molecule has 1 aromatic rings. The third-order valence-electron chi connectivity index (χ3n) is 3.68. The van der Waals surface area contributed by atoms with Gasteiger partial charge in [0.15, 0.2) is 0 Å². The molecule has 0 radical (unpaired) electrons. The number of hydrogen-bond donors (Lipinski definition) is 2. The van der Waals surface area contributed by atoms with E-state index < -0.39 is 5.54 Å². The van der Waals surface area contributed by atoms with E-state index in [-0.39, 0.29) is 30.7 Å². The van der Waals surface area contributed by atoms with Crippen molar-refractivity contribution in [1.82, 2.24) is 20.4 Å². The first-order valence-electron chi connectivity index (χ1n) is 5.94. The number of nitrogens with zero attached hydrogens (tertiary/aromatic N) is 3. The minimum atomic E-state index is -0.471. The molecule has 0 bridgehead atoms. The minimum Gasteiger partial charge on any atom is -0.374 e. The summed E-state index contributed by atoms with van der Waals surface area (Å²) in [5, 5.41) is 11.3. The van der Waals surface area contributed by atoms with Gasteiger partial charge in [0.1, 0.15) is 5.01 Å². The van der Waals surface area contributed by atoms with Crippen molar-refractivity contribution in [3.8, 4) is 0 Å². The smallest absolute Gasteiger partial charge is 0.226 e. The zero-order chi connectivity index (χ0) is 14.2. The summed E-state index contributed by atoms with van der Waals surface area (Å²) in [6, 6.07) is 0. The van der Waals surface area contributed by atoms with Gasteiger partial charge in [-0.3, -0.25) is 9.59 Å². The molecule has 0 aliphatic carbocycles. The van der Waals surface area contributed by atoms with Gasteiger partial charge in [0, 0.05) is 19.0 Å². The van der Waals surface area contributed by atoms with Crippen LogP contribution in [0.3, 0.4) is 0 Å². The van der Waals surface area contributed by atoms with Crippen molar-refractivity contribution in [3.63, 3.8) is 0 Å². The van der Waals surface area contributed by atoms with Crippen molar-refractivity contribution < 1.29 is 9.59 Å².